The molecule has 0 fully saturated rings. The van der Waals surface area contributed by atoms with Gasteiger partial charge in [-0.15, -0.1) is 0 Å². The van der Waals surface area contributed by atoms with E-state index in [0.717, 1.165) is 25.7 Å². The van der Waals surface area contributed by atoms with E-state index in [0.29, 0.717) is 6.42 Å². The molecule has 0 rings (SSSR count). The molecule has 0 aromatic rings. The first-order valence-corrected chi connectivity index (χ1v) is 13.3. The summed E-state index contributed by atoms with van der Waals surface area (Å²) in [7, 11) is -4.95. The van der Waals surface area contributed by atoms with Crippen molar-refractivity contribution in [3.05, 3.63) is 0 Å². The van der Waals surface area contributed by atoms with E-state index in [9.17, 15) is 37.2 Å². The normalized spacial score (nSPS) is 12.0. The quantitative estimate of drug-likeness (QED) is 0.0553. The predicted molar refractivity (Wildman–Crippen MR) is 128 cm³/mol. The molecule has 6 N–H and O–H groups in total. The number of ether oxygens (including phenoxy) is 1. The van der Waals surface area contributed by atoms with E-state index in [1.165, 1.54) is 25.7 Å². The third kappa shape index (κ3) is 19.1. The van der Waals surface area contributed by atoms with Gasteiger partial charge in [-0.05, 0) is 6.42 Å². The van der Waals surface area contributed by atoms with Crippen LogP contribution in [0.5, 0.6) is 0 Å². The summed E-state index contributed by atoms with van der Waals surface area (Å²) >= 11 is 0. The Morgan fingerprint density at radius 1 is 0.737 bits per heavy atom. The Kier molecular flexibility index (Phi) is 18.6. The molecule has 0 aromatic carbocycles. The molecule has 0 radical (unpaired) electrons. The van der Waals surface area contributed by atoms with Crippen LogP contribution in [-0.2, 0) is 43.6 Å². The monoisotopic (exact) mass is 572 g/mol. The number of carbonyl (C=O) groups is 6. The molecule has 1 atom stereocenters. The van der Waals surface area contributed by atoms with Crippen LogP contribution in [0.2, 0.25) is 0 Å². The number of aliphatic carboxylic acids is 4. The van der Waals surface area contributed by atoms with Crippen LogP contribution in [0, 0.1) is 0 Å². The summed E-state index contributed by atoms with van der Waals surface area (Å²) < 4.78 is 35.2. The van der Waals surface area contributed by atoms with E-state index in [-0.39, 0.29) is 6.42 Å². The first-order valence-electron chi connectivity index (χ1n) is 11.8. The second-order valence-corrected chi connectivity index (χ2v) is 10.0. The van der Waals surface area contributed by atoms with Crippen LogP contribution in [0.3, 0.4) is 0 Å². The first kappa shape index (κ1) is 37.0. The van der Waals surface area contributed by atoms with Crippen LogP contribution in [0.1, 0.15) is 90.4 Å². The van der Waals surface area contributed by atoms with Crippen molar-refractivity contribution in [3.63, 3.8) is 0 Å². The molecule has 1 unspecified atom stereocenters. The Morgan fingerprint density at radius 2 is 1.16 bits per heavy atom. The van der Waals surface area contributed by atoms with Gasteiger partial charge in [0.05, 0.1) is 19.3 Å². The Labute approximate surface area is 219 Å². The van der Waals surface area contributed by atoms with Crippen molar-refractivity contribution in [2.45, 2.75) is 101 Å². The number of esters is 2. The molecule has 0 saturated carbocycles. The standard InChI is InChI=1S/C16H28O8S.C6H8O7/c1-2-3-4-5-6-7-8-9-10-11-15(19)24-16(20)13(12-14(17)18)25(21,22)23;7-3(8)1-6(13,5(11)12)2-4(9)10/h13H,2-12H2,1H3,(H,17,18)(H,21,22,23);13H,1-2H2,(H,7,8)(H,9,10)(H,11,12). The van der Waals surface area contributed by atoms with Gasteiger partial charge in [-0.2, -0.15) is 8.42 Å². The van der Waals surface area contributed by atoms with Crippen molar-refractivity contribution in [1.29, 1.82) is 0 Å². The number of carbonyl (C=O) groups excluding carboxylic acids is 2. The van der Waals surface area contributed by atoms with E-state index < -0.39 is 76.0 Å². The molecule has 220 valence electrons. The number of carboxylic acids is 4. The van der Waals surface area contributed by atoms with Crippen molar-refractivity contribution in [1.82, 2.24) is 0 Å². The van der Waals surface area contributed by atoms with Gasteiger partial charge in [0.2, 0.25) is 0 Å². The molecule has 0 heterocycles. The van der Waals surface area contributed by atoms with Crippen molar-refractivity contribution < 1.29 is 72.0 Å². The van der Waals surface area contributed by atoms with Gasteiger partial charge in [0.25, 0.3) is 10.1 Å². The topological polar surface area (TPSA) is 267 Å². The highest BCUT2D eigenvalue weighted by atomic mass is 32.2. The summed E-state index contributed by atoms with van der Waals surface area (Å²) in [6.07, 6.45) is 5.82. The van der Waals surface area contributed by atoms with Gasteiger partial charge in [0.1, 0.15) is 0 Å². The maximum atomic E-state index is 11.6. The molecule has 0 aliphatic carbocycles. The summed E-state index contributed by atoms with van der Waals surface area (Å²) in [6, 6.07) is 0. The summed E-state index contributed by atoms with van der Waals surface area (Å²) in [5.41, 5.74) is -2.74. The minimum absolute atomic E-state index is 0.0627. The minimum Gasteiger partial charge on any atom is -0.481 e. The highest BCUT2D eigenvalue weighted by molar-refractivity contribution is 7.87. The van der Waals surface area contributed by atoms with Gasteiger partial charge in [0.15, 0.2) is 10.9 Å². The van der Waals surface area contributed by atoms with Crippen LogP contribution >= 0.6 is 0 Å². The summed E-state index contributed by atoms with van der Waals surface area (Å²) in [6.45, 7) is 2.16. The zero-order chi connectivity index (χ0) is 29.9. The molecule has 15 nitrogen and oxygen atoms in total. The van der Waals surface area contributed by atoms with Crippen LogP contribution in [-0.4, -0.2) is 85.2 Å². The van der Waals surface area contributed by atoms with Gasteiger partial charge >= 0.3 is 35.8 Å². The van der Waals surface area contributed by atoms with Crippen LogP contribution in [0.15, 0.2) is 0 Å². The van der Waals surface area contributed by atoms with Crippen molar-refractivity contribution in [3.8, 4) is 0 Å². The highest BCUT2D eigenvalue weighted by Crippen LogP contribution is 2.16. The lowest BCUT2D eigenvalue weighted by Crippen LogP contribution is -2.42. The third-order valence-electron chi connectivity index (χ3n) is 4.97. The van der Waals surface area contributed by atoms with Crippen LogP contribution in [0.4, 0.5) is 0 Å². The maximum absolute atomic E-state index is 11.6. The number of rotatable bonds is 19. The molecule has 16 heteroatoms. The Morgan fingerprint density at radius 3 is 1.50 bits per heavy atom. The Hall–Kier alpha value is -3.11. The molecular weight excluding hydrogens is 536 g/mol. The van der Waals surface area contributed by atoms with Gasteiger partial charge in [-0.25, -0.2) is 4.79 Å². The third-order valence-corrected chi connectivity index (χ3v) is 6.04. The van der Waals surface area contributed by atoms with Gasteiger partial charge in [0, 0.05) is 6.42 Å². The van der Waals surface area contributed by atoms with Gasteiger partial charge in [-0.1, -0.05) is 58.3 Å². The minimum atomic E-state index is -4.95. The van der Waals surface area contributed by atoms with Crippen LogP contribution < -0.4 is 0 Å². The number of unbranched alkanes of at least 4 members (excludes halogenated alkanes) is 8. The Balaban J connectivity index is 0. The molecular formula is C22H36O15S. The molecule has 0 amide bonds. The molecule has 0 aliphatic rings. The molecule has 0 aromatic heterocycles. The van der Waals surface area contributed by atoms with E-state index in [2.05, 4.69) is 11.7 Å². The van der Waals surface area contributed by atoms with E-state index >= 15 is 0 Å². The van der Waals surface area contributed by atoms with Gasteiger partial charge < -0.3 is 30.3 Å². The molecule has 0 saturated heterocycles. The van der Waals surface area contributed by atoms with Crippen molar-refractivity contribution in [2.75, 3.05) is 0 Å². The Bertz CT molecular complexity index is 894. The fourth-order valence-corrected chi connectivity index (χ4v) is 3.64. The summed E-state index contributed by atoms with van der Waals surface area (Å²) in [5.74, 6) is -9.11. The lowest BCUT2D eigenvalue weighted by atomic mass is 9.96. The average Bonchev–Trinajstić information content (AvgIpc) is 2.74. The molecule has 0 spiro atoms. The average molecular weight is 573 g/mol. The lowest BCUT2D eigenvalue weighted by Gasteiger charge is -2.18. The largest absolute Gasteiger partial charge is 0.481 e. The predicted octanol–water partition coefficient (Wildman–Crippen LogP) is 1.46. The van der Waals surface area contributed by atoms with Crippen LogP contribution in [0.25, 0.3) is 0 Å². The zero-order valence-electron chi connectivity index (χ0n) is 21.0. The fourth-order valence-electron chi connectivity index (χ4n) is 2.99. The van der Waals surface area contributed by atoms with Crippen molar-refractivity contribution >= 4 is 45.9 Å². The van der Waals surface area contributed by atoms with E-state index in [1.807, 2.05) is 0 Å². The smallest absolute Gasteiger partial charge is 0.336 e. The van der Waals surface area contributed by atoms with Gasteiger partial charge in [-0.3, -0.25) is 28.5 Å². The van der Waals surface area contributed by atoms with Crippen molar-refractivity contribution in [2.24, 2.45) is 0 Å². The summed E-state index contributed by atoms with van der Waals surface area (Å²) in [5, 5.41) is 40.1. The number of hydrogen-bond acceptors (Lipinski definition) is 10. The van der Waals surface area contributed by atoms with E-state index in [1.54, 1.807) is 0 Å². The fraction of sp³-hybridized carbons (Fsp3) is 0.727. The number of hydrogen-bond donors (Lipinski definition) is 6. The van der Waals surface area contributed by atoms with E-state index in [4.69, 9.17) is 30.1 Å². The summed E-state index contributed by atoms with van der Waals surface area (Å²) in [4.78, 5) is 64.1. The highest BCUT2D eigenvalue weighted by Gasteiger charge is 2.40. The zero-order valence-corrected chi connectivity index (χ0v) is 21.9. The first-order chi connectivity index (χ1) is 17.5. The second kappa shape index (κ2) is 19.0. The molecule has 38 heavy (non-hydrogen) atoms. The number of aliphatic hydroxyl groups is 1. The second-order valence-electron chi connectivity index (χ2n) is 8.45. The number of carboxylic acid groups (broad SMARTS) is 4. The maximum Gasteiger partial charge on any atom is 0.336 e. The lowest BCUT2D eigenvalue weighted by molar-refractivity contribution is -0.170. The SMILES string of the molecule is CCCCCCCCCCCC(=O)OC(=O)C(CC(=O)O)S(=O)(=O)O.O=C(O)CC(O)(CC(=O)O)C(=O)O. The molecule has 0 bridgehead atoms. The molecule has 0 aliphatic heterocycles.